The number of rotatable bonds is 3. The molecule has 2 rings (SSSR count). The molecule has 2 unspecified atom stereocenters. The summed E-state index contributed by atoms with van der Waals surface area (Å²) in [4.78, 5) is 17.1. The third kappa shape index (κ3) is 3.93. The van der Waals surface area contributed by atoms with Crippen LogP contribution in [0.25, 0.3) is 0 Å². The minimum Gasteiger partial charge on any atom is -0.339 e. The van der Waals surface area contributed by atoms with Gasteiger partial charge in [0, 0.05) is 32.2 Å². The lowest BCUT2D eigenvalue weighted by molar-refractivity contribution is -0.135. The molecule has 0 aromatic carbocycles. The number of nitrogens with one attached hydrogen (secondary N) is 1. The van der Waals surface area contributed by atoms with Crippen LogP contribution in [-0.2, 0) is 4.79 Å². The summed E-state index contributed by atoms with van der Waals surface area (Å²) in [6.45, 7) is 9.40. The van der Waals surface area contributed by atoms with Crippen LogP contribution >= 0.6 is 0 Å². The summed E-state index contributed by atoms with van der Waals surface area (Å²) in [5.41, 5.74) is 0. The lowest BCUT2D eigenvalue weighted by atomic mass is 10.1. The van der Waals surface area contributed by atoms with E-state index in [0.29, 0.717) is 11.9 Å². The monoisotopic (exact) mass is 267 g/mol. The molecule has 1 amide bonds. The van der Waals surface area contributed by atoms with Crippen molar-refractivity contribution in [2.45, 2.75) is 58.0 Å². The minimum absolute atomic E-state index is 0.0812. The molecule has 0 aromatic heterocycles. The van der Waals surface area contributed by atoms with Gasteiger partial charge in [-0.25, -0.2) is 0 Å². The normalized spacial score (nSPS) is 27.9. The molecule has 2 saturated heterocycles. The molecule has 2 atom stereocenters. The zero-order chi connectivity index (χ0) is 13.7. The van der Waals surface area contributed by atoms with Crippen molar-refractivity contribution in [3.8, 4) is 0 Å². The Morgan fingerprint density at radius 2 is 1.95 bits per heavy atom. The Balaban J connectivity index is 1.81. The van der Waals surface area contributed by atoms with E-state index >= 15 is 0 Å². The standard InChI is InChI=1S/C15H29N3O/c1-3-13(2)17-9-11-18(12-10-17)15(19)14-7-5-4-6-8-16-14/h13-14,16H,3-12H2,1-2H3. The highest BCUT2D eigenvalue weighted by atomic mass is 16.2. The lowest BCUT2D eigenvalue weighted by Crippen LogP contribution is -2.55. The van der Waals surface area contributed by atoms with Gasteiger partial charge in [-0.3, -0.25) is 9.69 Å². The second-order valence-electron chi connectivity index (χ2n) is 5.97. The van der Waals surface area contributed by atoms with E-state index in [4.69, 9.17) is 0 Å². The molecule has 0 spiro atoms. The summed E-state index contributed by atoms with van der Waals surface area (Å²) in [7, 11) is 0. The lowest BCUT2D eigenvalue weighted by Gasteiger charge is -2.39. The first-order valence-corrected chi connectivity index (χ1v) is 7.98. The predicted molar refractivity (Wildman–Crippen MR) is 78.2 cm³/mol. The van der Waals surface area contributed by atoms with Crippen molar-refractivity contribution in [1.29, 1.82) is 0 Å². The van der Waals surface area contributed by atoms with Crippen molar-refractivity contribution in [1.82, 2.24) is 15.1 Å². The number of carbonyl (C=O) groups is 1. The maximum atomic E-state index is 12.5. The zero-order valence-corrected chi connectivity index (χ0v) is 12.5. The molecule has 2 heterocycles. The van der Waals surface area contributed by atoms with Gasteiger partial charge in [-0.15, -0.1) is 0 Å². The molecule has 0 aliphatic carbocycles. The van der Waals surface area contributed by atoms with Crippen LogP contribution in [-0.4, -0.2) is 60.5 Å². The van der Waals surface area contributed by atoms with Crippen LogP contribution in [0.15, 0.2) is 0 Å². The molecule has 2 aliphatic rings. The summed E-state index contributed by atoms with van der Waals surface area (Å²) in [5, 5.41) is 3.42. The van der Waals surface area contributed by atoms with Crippen LogP contribution < -0.4 is 5.32 Å². The topological polar surface area (TPSA) is 35.6 Å². The Hall–Kier alpha value is -0.610. The third-order valence-electron chi connectivity index (χ3n) is 4.70. The number of amides is 1. The molecule has 110 valence electrons. The molecular formula is C15H29N3O. The van der Waals surface area contributed by atoms with Crippen LogP contribution in [0.1, 0.15) is 46.0 Å². The molecule has 4 heteroatoms. The summed E-state index contributed by atoms with van der Waals surface area (Å²) >= 11 is 0. The van der Waals surface area contributed by atoms with E-state index in [1.54, 1.807) is 0 Å². The number of nitrogens with zero attached hydrogens (tertiary/aromatic N) is 2. The summed E-state index contributed by atoms with van der Waals surface area (Å²) < 4.78 is 0. The molecule has 2 fully saturated rings. The Morgan fingerprint density at radius 3 is 2.63 bits per heavy atom. The molecular weight excluding hydrogens is 238 g/mol. The van der Waals surface area contributed by atoms with Crippen molar-refractivity contribution in [3.05, 3.63) is 0 Å². The number of hydrogen-bond acceptors (Lipinski definition) is 3. The van der Waals surface area contributed by atoms with Crippen molar-refractivity contribution >= 4 is 5.91 Å². The van der Waals surface area contributed by atoms with Gasteiger partial charge in [-0.2, -0.15) is 0 Å². The number of hydrogen-bond donors (Lipinski definition) is 1. The van der Waals surface area contributed by atoms with Crippen molar-refractivity contribution in [2.24, 2.45) is 0 Å². The summed E-state index contributed by atoms with van der Waals surface area (Å²) in [6, 6.07) is 0.728. The third-order valence-corrected chi connectivity index (χ3v) is 4.70. The Kier molecular flexibility index (Phi) is 5.64. The fourth-order valence-electron chi connectivity index (χ4n) is 3.10. The van der Waals surface area contributed by atoms with Gasteiger partial charge in [0.05, 0.1) is 6.04 Å². The predicted octanol–water partition coefficient (Wildman–Crippen LogP) is 1.46. The van der Waals surface area contributed by atoms with E-state index in [-0.39, 0.29) is 6.04 Å². The summed E-state index contributed by atoms with van der Waals surface area (Å²) in [5.74, 6) is 0.339. The Bertz CT molecular complexity index is 279. The average molecular weight is 267 g/mol. The van der Waals surface area contributed by atoms with Gasteiger partial charge in [0.15, 0.2) is 0 Å². The van der Waals surface area contributed by atoms with Crippen LogP contribution in [0, 0.1) is 0 Å². The quantitative estimate of drug-likeness (QED) is 0.841. The molecule has 2 aliphatic heterocycles. The Morgan fingerprint density at radius 1 is 1.21 bits per heavy atom. The highest BCUT2D eigenvalue weighted by Crippen LogP contribution is 2.14. The van der Waals surface area contributed by atoms with Crippen LogP contribution in [0.5, 0.6) is 0 Å². The largest absolute Gasteiger partial charge is 0.339 e. The van der Waals surface area contributed by atoms with Crippen LogP contribution in [0.2, 0.25) is 0 Å². The first kappa shape index (κ1) is 14.8. The molecule has 0 radical (unpaired) electrons. The number of carbonyl (C=O) groups excluding carboxylic acids is 1. The maximum absolute atomic E-state index is 12.5. The second-order valence-corrected chi connectivity index (χ2v) is 5.97. The molecule has 0 aromatic rings. The fraction of sp³-hybridized carbons (Fsp3) is 0.933. The van der Waals surface area contributed by atoms with Gasteiger partial charge in [0.25, 0.3) is 0 Å². The van der Waals surface area contributed by atoms with Gasteiger partial charge in [0.2, 0.25) is 5.91 Å². The van der Waals surface area contributed by atoms with Crippen LogP contribution in [0.3, 0.4) is 0 Å². The van der Waals surface area contributed by atoms with Crippen molar-refractivity contribution in [2.75, 3.05) is 32.7 Å². The van der Waals surface area contributed by atoms with Crippen molar-refractivity contribution < 1.29 is 4.79 Å². The maximum Gasteiger partial charge on any atom is 0.239 e. The van der Waals surface area contributed by atoms with E-state index in [9.17, 15) is 4.79 Å². The highest BCUT2D eigenvalue weighted by Gasteiger charge is 2.28. The van der Waals surface area contributed by atoms with Gasteiger partial charge in [0.1, 0.15) is 0 Å². The SMILES string of the molecule is CCC(C)N1CCN(C(=O)C2CCCCCN2)CC1. The van der Waals surface area contributed by atoms with E-state index in [1.807, 2.05) is 0 Å². The summed E-state index contributed by atoms with van der Waals surface area (Å²) in [6.07, 6.45) is 5.88. The van der Waals surface area contributed by atoms with Gasteiger partial charge >= 0.3 is 0 Å². The van der Waals surface area contributed by atoms with E-state index in [1.165, 1.54) is 25.7 Å². The van der Waals surface area contributed by atoms with Crippen molar-refractivity contribution in [3.63, 3.8) is 0 Å². The zero-order valence-electron chi connectivity index (χ0n) is 12.5. The van der Waals surface area contributed by atoms with E-state index < -0.39 is 0 Å². The minimum atomic E-state index is 0.0812. The molecule has 0 saturated carbocycles. The van der Waals surface area contributed by atoms with Gasteiger partial charge in [-0.05, 0) is 32.7 Å². The molecule has 0 bridgehead atoms. The highest BCUT2D eigenvalue weighted by molar-refractivity contribution is 5.82. The van der Waals surface area contributed by atoms with Gasteiger partial charge < -0.3 is 10.2 Å². The van der Waals surface area contributed by atoms with Crippen LogP contribution in [0.4, 0.5) is 0 Å². The average Bonchev–Trinajstić information content (AvgIpc) is 2.75. The molecule has 1 N–H and O–H groups in total. The second kappa shape index (κ2) is 7.25. The van der Waals surface area contributed by atoms with E-state index in [0.717, 1.165) is 39.1 Å². The number of piperazine rings is 1. The first-order chi connectivity index (χ1) is 9.22. The Labute approximate surface area is 117 Å². The molecule has 19 heavy (non-hydrogen) atoms. The first-order valence-electron chi connectivity index (χ1n) is 7.98. The molecule has 4 nitrogen and oxygen atoms in total. The smallest absolute Gasteiger partial charge is 0.239 e. The fourth-order valence-corrected chi connectivity index (χ4v) is 3.10. The van der Waals surface area contributed by atoms with Gasteiger partial charge in [-0.1, -0.05) is 19.8 Å². The van der Waals surface area contributed by atoms with E-state index in [2.05, 4.69) is 29.0 Å².